The largest absolute Gasteiger partial charge is 0.508 e. The van der Waals surface area contributed by atoms with Crippen LogP contribution in [0.2, 0.25) is 0 Å². The van der Waals surface area contributed by atoms with Gasteiger partial charge in [0.2, 0.25) is 0 Å². The number of nitrogens with zero attached hydrogens (tertiary/aromatic N) is 1. The number of aliphatic hydroxyl groups is 1. The van der Waals surface area contributed by atoms with Gasteiger partial charge < -0.3 is 10.2 Å². The first-order valence-electron chi connectivity index (χ1n) is 8.99. The van der Waals surface area contributed by atoms with Crippen molar-refractivity contribution in [1.29, 1.82) is 0 Å². The third-order valence-electron chi connectivity index (χ3n) is 6.37. The van der Waals surface area contributed by atoms with Crippen LogP contribution in [0.25, 0.3) is 0 Å². The number of hydrogen-bond acceptors (Lipinski definition) is 4. The van der Waals surface area contributed by atoms with Crippen molar-refractivity contribution in [2.45, 2.75) is 50.0 Å². The van der Waals surface area contributed by atoms with Crippen LogP contribution in [0.15, 0.2) is 42.6 Å². The average Bonchev–Trinajstić information content (AvgIpc) is 2.63. The van der Waals surface area contributed by atoms with Crippen LogP contribution in [0, 0.1) is 5.92 Å². The number of pyridine rings is 1. The first kappa shape index (κ1) is 16.3. The zero-order valence-electron chi connectivity index (χ0n) is 14.4. The number of aryl methyl sites for hydroxylation is 1. The molecule has 0 bridgehead atoms. The van der Waals surface area contributed by atoms with E-state index in [9.17, 15) is 15.0 Å². The van der Waals surface area contributed by atoms with Crippen molar-refractivity contribution in [2.75, 3.05) is 0 Å². The number of benzene rings is 1. The van der Waals surface area contributed by atoms with Crippen molar-refractivity contribution in [3.05, 3.63) is 59.4 Å². The lowest BCUT2D eigenvalue weighted by atomic mass is 9.52. The van der Waals surface area contributed by atoms with Crippen LogP contribution in [0.3, 0.4) is 0 Å². The minimum absolute atomic E-state index is 0.148. The molecule has 2 aliphatic rings. The van der Waals surface area contributed by atoms with Crippen molar-refractivity contribution < 1.29 is 15.0 Å². The van der Waals surface area contributed by atoms with Crippen molar-refractivity contribution in [2.24, 2.45) is 5.92 Å². The van der Waals surface area contributed by atoms with Gasteiger partial charge in [0, 0.05) is 18.0 Å². The van der Waals surface area contributed by atoms with E-state index < -0.39 is 5.60 Å². The van der Waals surface area contributed by atoms with E-state index in [4.69, 9.17) is 0 Å². The maximum Gasteiger partial charge on any atom is 0.171 e. The Bertz CT molecular complexity index is 819. The second kappa shape index (κ2) is 5.67. The summed E-state index contributed by atoms with van der Waals surface area (Å²) in [6.45, 7) is 2.12. The van der Waals surface area contributed by atoms with Gasteiger partial charge in [0.1, 0.15) is 5.75 Å². The Hall–Kier alpha value is -2.20. The molecular formula is C21H23NO3. The fraction of sp³-hybridized carbons (Fsp3) is 0.429. The summed E-state index contributed by atoms with van der Waals surface area (Å²) in [6.07, 6.45) is 4.98. The van der Waals surface area contributed by atoms with Crippen LogP contribution < -0.4 is 0 Å². The van der Waals surface area contributed by atoms with E-state index in [-0.39, 0.29) is 22.9 Å². The highest BCUT2D eigenvalue weighted by Crippen LogP contribution is 2.55. The number of ketones is 1. The molecule has 25 heavy (non-hydrogen) atoms. The van der Waals surface area contributed by atoms with Crippen LogP contribution >= 0.6 is 0 Å². The number of aromatic hydroxyl groups is 1. The molecule has 4 heteroatoms. The highest BCUT2D eigenvalue weighted by molar-refractivity contribution is 5.90. The van der Waals surface area contributed by atoms with E-state index in [0.29, 0.717) is 18.5 Å². The van der Waals surface area contributed by atoms with Crippen molar-refractivity contribution in [3.8, 4) is 5.75 Å². The van der Waals surface area contributed by atoms with Gasteiger partial charge in [0.05, 0.1) is 5.69 Å². The molecule has 1 unspecified atom stereocenters. The summed E-state index contributed by atoms with van der Waals surface area (Å²) in [7, 11) is 0. The van der Waals surface area contributed by atoms with E-state index in [2.05, 4.69) is 11.9 Å². The van der Waals surface area contributed by atoms with Gasteiger partial charge >= 0.3 is 0 Å². The second-order valence-corrected chi connectivity index (χ2v) is 7.47. The van der Waals surface area contributed by atoms with E-state index in [1.165, 1.54) is 5.56 Å². The molecule has 130 valence electrons. The smallest absolute Gasteiger partial charge is 0.171 e. The average molecular weight is 337 g/mol. The number of fused-ring (bicyclic) bond motifs is 3. The SMILES string of the molecule is CC[C@@]12CC(=O)C(O)(c3ccccn3)C[C@H]1CCc1cc(O)ccc12. The lowest BCUT2D eigenvalue weighted by Gasteiger charge is -2.51. The monoisotopic (exact) mass is 337 g/mol. The van der Waals surface area contributed by atoms with Crippen LogP contribution in [-0.4, -0.2) is 21.0 Å². The summed E-state index contributed by atoms with van der Waals surface area (Å²) in [5.41, 5.74) is 1.02. The van der Waals surface area contributed by atoms with Crippen molar-refractivity contribution in [1.82, 2.24) is 4.98 Å². The first-order valence-corrected chi connectivity index (χ1v) is 8.99. The number of carbonyl (C=O) groups excluding carboxylic acids is 1. The van der Waals surface area contributed by atoms with Crippen LogP contribution in [0.4, 0.5) is 0 Å². The topological polar surface area (TPSA) is 70.4 Å². The maximum atomic E-state index is 13.1. The summed E-state index contributed by atoms with van der Waals surface area (Å²) in [4.78, 5) is 17.3. The standard InChI is InChI=1S/C21H23NO3/c1-2-20-13-19(24)21(25,18-5-3-4-10-22-18)12-15(20)7-6-14-11-16(23)8-9-17(14)20/h3-5,8-11,15,23,25H,2,6-7,12-13H2,1H3/t15-,20-,21?/m1/s1. The number of rotatable bonds is 2. The van der Waals surface area contributed by atoms with Crippen molar-refractivity contribution >= 4 is 5.78 Å². The summed E-state index contributed by atoms with van der Waals surface area (Å²) in [6, 6.07) is 10.9. The fourth-order valence-corrected chi connectivity index (χ4v) is 5.00. The predicted molar refractivity (Wildman–Crippen MR) is 94.3 cm³/mol. The lowest BCUT2D eigenvalue weighted by Crippen LogP contribution is -2.54. The summed E-state index contributed by atoms with van der Waals surface area (Å²) in [5, 5.41) is 21.0. The molecule has 2 N–H and O–H groups in total. The number of phenolic OH excluding ortho intramolecular Hbond substituents is 1. The molecule has 4 nitrogen and oxygen atoms in total. The van der Waals surface area contributed by atoms with Crippen LogP contribution in [-0.2, 0) is 22.2 Å². The van der Waals surface area contributed by atoms with Crippen LogP contribution in [0.5, 0.6) is 5.75 Å². The lowest BCUT2D eigenvalue weighted by molar-refractivity contribution is -0.151. The van der Waals surface area contributed by atoms with Gasteiger partial charge in [-0.05, 0) is 67.0 Å². The van der Waals surface area contributed by atoms with E-state index >= 15 is 0 Å². The highest BCUT2D eigenvalue weighted by atomic mass is 16.3. The highest BCUT2D eigenvalue weighted by Gasteiger charge is 2.56. The normalized spacial score (nSPS) is 31.3. The molecule has 0 radical (unpaired) electrons. The molecule has 1 aromatic carbocycles. The fourth-order valence-electron chi connectivity index (χ4n) is 5.00. The van der Waals surface area contributed by atoms with E-state index in [0.717, 1.165) is 24.8 Å². The molecule has 1 fully saturated rings. The predicted octanol–water partition coefficient (Wildman–Crippen LogP) is 3.25. The van der Waals surface area contributed by atoms with Crippen LogP contribution in [0.1, 0.15) is 49.4 Å². The summed E-state index contributed by atoms with van der Waals surface area (Å²) < 4.78 is 0. The minimum atomic E-state index is -1.49. The van der Waals surface area contributed by atoms with Gasteiger partial charge in [-0.1, -0.05) is 19.1 Å². The molecular weight excluding hydrogens is 314 g/mol. The van der Waals surface area contributed by atoms with E-state index in [1.54, 1.807) is 24.4 Å². The Morgan fingerprint density at radius 3 is 2.84 bits per heavy atom. The summed E-state index contributed by atoms with van der Waals surface area (Å²) in [5.74, 6) is 0.347. The van der Waals surface area contributed by atoms with Gasteiger partial charge in [-0.3, -0.25) is 9.78 Å². The van der Waals surface area contributed by atoms with Crippen molar-refractivity contribution in [3.63, 3.8) is 0 Å². The Morgan fingerprint density at radius 1 is 1.28 bits per heavy atom. The van der Waals surface area contributed by atoms with Gasteiger partial charge in [0.15, 0.2) is 11.4 Å². The Labute approximate surface area is 147 Å². The van der Waals surface area contributed by atoms with Gasteiger partial charge in [-0.25, -0.2) is 0 Å². The Morgan fingerprint density at radius 2 is 2.12 bits per heavy atom. The Balaban J connectivity index is 1.79. The molecule has 0 amide bonds. The number of Topliss-reactive ketones (excluding diaryl/α,β-unsaturated/α-hetero) is 1. The number of hydrogen-bond donors (Lipinski definition) is 2. The molecule has 3 atom stereocenters. The molecule has 1 heterocycles. The summed E-state index contributed by atoms with van der Waals surface area (Å²) >= 11 is 0. The quantitative estimate of drug-likeness (QED) is 0.882. The van der Waals surface area contributed by atoms with Gasteiger partial charge in [0.25, 0.3) is 0 Å². The molecule has 2 aliphatic carbocycles. The molecule has 2 aromatic rings. The zero-order valence-corrected chi connectivity index (χ0v) is 14.4. The third-order valence-corrected chi connectivity index (χ3v) is 6.37. The molecule has 4 rings (SSSR count). The third kappa shape index (κ3) is 2.31. The first-order chi connectivity index (χ1) is 12.0. The number of aromatic nitrogens is 1. The molecule has 1 aromatic heterocycles. The maximum absolute atomic E-state index is 13.1. The Kier molecular flexibility index (Phi) is 3.69. The molecule has 0 aliphatic heterocycles. The van der Waals surface area contributed by atoms with Gasteiger partial charge in [-0.15, -0.1) is 0 Å². The van der Waals surface area contributed by atoms with E-state index in [1.807, 2.05) is 18.2 Å². The molecule has 1 saturated carbocycles. The zero-order chi connectivity index (χ0) is 17.7. The number of carbonyl (C=O) groups is 1. The minimum Gasteiger partial charge on any atom is -0.508 e. The molecule has 0 saturated heterocycles. The molecule has 0 spiro atoms. The van der Waals surface area contributed by atoms with Gasteiger partial charge in [-0.2, -0.15) is 0 Å². The number of phenols is 1. The second-order valence-electron chi connectivity index (χ2n) is 7.47.